The van der Waals surface area contributed by atoms with E-state index in [2.05, 4.69) is 4.98 Å². The zero-order chi connectivity index (χ0) is 11.7. The molecule has 0 N–H and O–H groups in total. The highest BCUT2D eigenvalue weighted by Crippen LogP contribution is 2.22. The third kappa shape index (κ3) is 1.86. The number of nitrogens with zero attached hydrogens (tertiary/aromatic N) is 2. The van der Waals surface area contributed by atoms with Crippen molar-refractivity contribution in [2.75, 3.05) is 18.1 Å². The first-order valence-corrected chi connectivity index (χ1v) is 5.37. The van der Waals surface area contributed by atoms with E-state index >= 15 is 0 Å². The average molecular weight is 240 g/mol. The maximum atomic E-state index is 11.4. The molecule has 1 aromatic heterocycles. The van der Waals surface area contributed by atoms with Gasteiger partial charge >= 0.3 is 0 Å². The fourth-order valence-corrected chi connectivity index (χ4v) is 2.13. The highest BCUT2D eigenvalue weighted by Gasteiger charge is 2.30. The number of rotatable bonds is 2. The van der Waals surface area contributed by atoms with Crippen molar-refractivity contribution in [2.45, 2.75) is 6.92 Å². The van der Waals surface area contributed by atoms with Gasteiger partial charge < -0.3 is 4.74 Å². The summed E-state index contributed by atoms with van der Waals surface area (Å²) in [5.41, 5.74) is 0.257. The highest BCUT2D eigenvalue weighted by molar-refractivity contribution is 7.14. The zero-order valence-corrected chi connectivity index (χ0v) is 9.24. The first kappa shape index (κ1) is 10.9. The summed E-state index contributed by atoms with van der Waals surface area (Å²) in [5.74, 6) is -1.11. The summed E-state index contributed by atoms with van der Waals surface area (Å²) < 4.78 is 4.77. The molecule has 1 aromatic rings. The van der Waals surface area contributed by atoms with Crippen LogP contribution in [0.25, 0.3) is 0 Å². The second-order valence-corrected chi connectivity index (χ2v) is 4.02. The van der Waals surface area contributed by atoms with Crippen LogP contribution in [0.5, 0.6) is 0 Å². The number of imide groups is 1. The highest BCUT2D eigenvalue weighted by atomic mass is 32.1. The van der Waals surface area contributed by atoms with E-state index in [1.165, 1.54) is 12.3 Å². The molecule has 2 heterocycles. The van der Waals surface area contributed by atoms with Crippen LogP contribution in [0.4, 0.5) is 5.13 Å². The number of amides is 2. The monoisotopic (exact) mass is 240 g/mol. The Labute approximate surface area is 94.8 Å². The summed E-state index contributed by atoms with van der Waals surface area (Å²) >= 11 is 1.09. The van der Waals surface area contributed by atoms with Gasteiger partial charge in [-0.2, -0.15) is 0 Å². The summed E-state index contributed by atoms with van der Waals surface area (Å²) in [4.78, 5) is 38.8. The van der Waals surface area contributed by atoms with Gasteiger partial charge in [0.2, 0.25) is 0 Å². The van der Waals surface area contributed by atoms with Gasteiger partial charge in [0.25, 0.3) is 11.8 Å². The molecule has 0 atom stereocenters. The van der Waals surface area contributed by atoms with E-state index in [1.807, 2.05) is 0 Å². The van der Waals surface area contributed by atoms with Crippen molar-refractivity contribution >= 4 is 34.1 Å². The van der Waals surface area contributed by atoms with Crippen LogP contribution in [0.3, 0.4) is 0 Å². The number of Topliss-reactive ketones (excluding diaryl/α,β-unsaturated/α-hetero) is 1. The van der Waals surface area contributed by atoms with E-state index in [-0.39, 0.29) is 29.8 Å². The molecule has 0 saturated carbocycles. The van der Waals surface area contributed by atoms with E-state index in [4.69, 9.17) is 4.74 Å². The Hall–Kier alpha value is -1.60. The lowest BCUT2D eigenvalue weighted by atomic mass is 10.3. The van der Waals surface area contributed by atoms with Crippen molar-refractivity contribution in [2.24, 2.45) is 0 Å². The van der Waals surface area contributed by atoms with Gasteiger partial charge in [-0.25, -0.2) is 9.88 Å². The van der Waals surface area contributed by atoms with E-state index in [0.29, 0.717) is 0 Å². The summed E-state index contributed by atoms with van der Waals surface area (Å²) in [5, 5.41) is 1.75. The molecule has 1 aliphatic heterocycles. The number of carbonyl (C=O) groups is 3. The lowest BCUT2D eigenvalue weighted by molar-refractivity contribution is -0.138. The Morgan fingerprint density at radius 2 is 2.06 bits per heavy atom. The molecule has 6 nitrogen and oxygen atoms in total. The fraction of sp³-hybridized carbons (Fsp3) is 0.333. The summed E-state index contributed by atoms with van der Waals surface area (Å²) in [7, 11) is 0. The molecule has 0 aromatic carbocycles. The quantitative estimate of drug-likeness (QED) is 0.546. The van der Waals surface area contributed by atoms with Crippen LogP contribution in [0, 0.1) is 0 Å². The fourth-order valence-electron chi connectivity index (χ4n) is 1.24. The molecule has 0 unspecified atom stereocenters. The van der Waals surface area contributed by atoms with Crippen molar-refractivity contribution in [1.29, 1.82) is 0 Å². The first-order valence-electron chi connectivity index (χ1n) is 4.49. The molecule has 7 heteroatoms. The van der Waals surface area contributed by atoms with E-state index in [9.17, 15) is 14.4 Å². The zero-order valence-electron chi connectivity index (χ0n) is 8.43. The lowest BCUT2D eigenvalue weighted by Crippen LogP contribution is -2.46. The van der Waals surface area contributed by atoms with Gasteiger partial charge in [-0.1, -0.05) is 0 Å². The van der Waals surface area contributed by atoms with Gasteiger partial charge in [0.15, 0.2) is 10.9 Å². The summed E-state index contributed by atoms with van der Waals surface area (Å²) in [6.07, 6.45) is 0. The molecular formula is C9H8N2O4S. The van der Waals surface area contributed by atoms with Gasteiger partial charge in [0.05, 0.1) is 0 Å². The van der Waals surface area contributed by atoms with Crippen LogP contribution in [-0.4, -0.2) is 35.8 Å². The third-order valence-electron chi connectivity index (χ3n) is 1.99. The number of ether oxygens (including phenoxy) is 1. The normalized spacial score (nSPS) is 16.7. The second-order valence-electron chi connectivity index (χ2n) is 3.19. The molecule has 84 valence electrons. The van der Waals surface area contributed by atoms with E-state index in [0.717, 1.165) is 16.2 Å². The van der Waals surface area contributed by atoms with Crippen LogP contribution in [-0.2, 0) is 14.3 Å². The Morgan fingerprint density at radius 1 is 1.44 bits per heavy atom. The van der Waals surface area contributed by atoms with Crippen LogP contribution in [0.1, 0.15) is 17.4 Å². The smallest absolute Gasteiger partial charge is 0.261 e. The predicted octanol–water partition coefficient (Wildman–Crippen LogP) is 0.236. The molecule has 1 saturated heterocycles. The van der Waals surface area contributed by atoms with Crippen LogP contribution in [0.15, 0.2) is 5.38 Å². The van der Waals surface area contributed by atoms with E-state index < -0.39 is 11.8 Å². The largest absolute Gasteiger partial charge is 0.362 e. The second kappa shape index (κ2) is 4.11. The number of hydrogen-bond donors (Lipinski definition) is 0. The molecule has 1 aliphatic rings. The molecule has 0 spiro atoms. The Balaban J connectivity index is 2.31. The minimum Gasteiger partial charge on any atom is -0.362 e. The minimum atomic E-state index is -0.458. The average Bonchev–Trinajstić information content (AvgIpc) is 2.66. The van der Waals surface area contributed by atoms with E-state index in [1.54, 1.807) is 0 Å². The Kier molecular flexibility index (Phi) is 2.80. The van der Waals surface area contributed by atoms with Crippen molar-refractivity contribution in [3.8, 4) is 0 Å². The number of carbonyl (C=O) groups excluding carboxylic acids is 3. The molecule has 2 rings (SSSR count). The summed E-state index contributed by atoms with van der Waals surface area (Å²) in [6.45, 7) is 1.10. The van der Waals surface area contributed by atoms with Gasteiger partial charge in [0, 0.05) is 12.3 Å². The van der Waals surface area contributed by atoms with Crippen molar-refractivity contribution in [1.82, 2.24) is 4.98 Å². The minimum absolute atomic E-state index is 0.138. The Morgan fingerprint density at radius 3 is 2.56 bits per heavy atom. The van der Waals surface area contributed by atoms with Crippen LogP contribution in [0.2, 0.25) is 0 Å². The van der Waals surface area contributed by atoms with Crippen molar-refractivity contribution in [3.05, 3.63) is 11.1 Å². The molecule has 0 radical (unpaired) electrons. The lowest BCUT2D eigenvalue weighted by Gasteiger charge is -2.21. The predicted molar refractivity (Wildman–Crippen MR) is 55.4 cm³/mol. The number of hydrogen-bond acceptors (Lipinski definition) is 6. The molecule has 0 aliphatic carbocycles. The molecule has 1 fully saturated rings. The maximum absolute atomic E-state index is 11.4. The number of anilines is 1. The topological polar surface area (TPSA) is 76.6 Å². The standard InChI is InChI=1S/C9H8N2O4S/c1-5(12)6-4-16-9(10-6)11-7(13)2-15-3-8(11)14/h4H,2-3H2,1H3. The van der Waals surface area contributed by atoms with Crippen molar-refractivity contribution in [3.63, 3.8) is 0 Å². The number of ketones is 1. The number of aromatic nitrogens is 1. The molecule has 2 amide bonds. The Bertz CT molecular complexity index is 452. The number of morpholine rings is 1. The molecule has 0 bridgehead atoms. The van der Waals surface area contributed by atoms with Crippen LogP contribution < -0.4 is 4.90 Å². The third-order valence-corrected chi connectivity index (χ3v) is 2.82. The number of thiazole rings is 1. The van der Waals surface area contributed by atoms with Crippen LogP contribution >= 0.6 is 11.3 Å². The van der Waals surface area contributed by atoms with Crippen molar-refractivity contribution < 1.29 is 19.1 Å². The summed E-state index contributed by atoms with van der Waals surface area (Å²) in [6, 6.07) is 0. The first-order chi connectivity index (χ1) is 7.59. The molecule has 16 heavy (non-hydrogen) atoms. The van der Waals surface area contributed by atoms with Gasteiger partial charge in [-0.05, 0) is 0 Å². The van der Waals surface area contributed by atoms with Gasteiger partial charge in [0.1, 0.15) is 18.9 Å². The van der Waals surface area contributed by atoms with Gasteiger partial charge in [-0.3, -0.25) is 14.4 Å². The maximum Gasteiger partial charge on any atom is 0.261 e. The van der Waals surface area contributed by atoms with Gasteiger partial charge in [-0.15, -0.1) is 11.3 Å². The molecular weight excluding hydrogens is 232 g/mol. The SMILES string of the molecule is CC(=O)c1csc(N2C(=O)COCC2=O)n1.